The lowest BCUT2D eigenvalue weighted by Gasteiger charge is -2.33. The highest BCUT2D eigenvalue weighted by Crippen LogP contribution is 2.39. The van der Waals surface area contributed by atoms with E-state index in [1.54, 1.807) is 4.90 Å². The number of carbonyl (C=O) groups excluding carboxylic acids is 1. The molecule has 9 heteroatoms. The first kappa shape index (κ1) is 20.6. The van der Waals surface area contributed by atoms with Crippen molar-refractivity contribution in [1.82, 2.24) is 14.9 Å². The molecule has 0 bridgehead atoms. The van der Waals surface area contributed by atoms with Crippen LogP contribution in [0.1, 0.15) is 30.6 Å². The average Bonchev–Trinajstić information content (AvgIpc) is 2.91. The maximum absolute atomic E-state index is 13.1. The number of amides is 1. The van der Waals surface area contributed by atoms with Crippen LogP contribution in [-0.4, -0.2) is 53.6 Å². The summed E-state index contributed by atoms with van der Waals surface area (Å²) in [4.78, 5) is 23.9. The topological polar surface area (TPSA) is 58.6 Å². The van der Waals surface area contributed by atoms with E-state index in [2.05, 4.69) is 9.97 Å². The quantitative estimate of drug-likeness (QED) is 0.763. The van der Waals surface area contributed by atoms with Crippen LogP contribution in [0.3, 0.4) is 0 Å². The number of nitrogens with zero attached hydrogens (tertiary/aromatic N) is 4. The number of alkyl halides is 3. The van der Waals surface area contributed by atoms with Crippen LogP contribution in [0.15, 0.2) is 42.7 Å². The summed E-state index contributed by atoms with van der Waals surface area (Å²) in [6.07, 6.45) is -3.32. The lowest BCUT2D eigenvalue weighted by molar-refractivity contribution is -0.141. The molecule has 0 N–H and O–H groups in total. The fraction of sp³-hybridized carbons (Fsp3) is 0.476. The van der Waals surface area contributed by atoms with Crippen LogP contribution in [0.5, 0.6) is 0 Å². The molecule has 1 amide bonds. The number of anilines is 1. The molecule has 6 nitrogen and oxygen atoms in total. The molecule has 1 spiro atoms. The number of hydrogen-bond donors (Lipinski definition) is 0. The molecule has 1 aromatic heterocycles. The van der Waals surface area contributed by atoms with Gasteiger partial charge in [0, 0.05) is 37.5 Å². The molecule has 2 aromatic rings. The van der Waals surface area contributed by atoms with E-state index < -0.39 is 17.3 Å². The highest BCUT2D eigenvalue weighted by Gasteiger charge is 2.47. The van der Waals surface area contributed by atoms with Gasteiger partial charge in [-0.3, -0.25) is 4.79 Å². The number of hydrogen-bond acceptors (Lipinski definition) is 5. The van der Waals surface area contributed by atoms with Gasteiger partial charge in [0.15, 0.2) is 0 Å². The number of benzene rings is 1. The van der Waals surface area contributed by atoms with Crippen molar-refractivity contribution in [2.45, 2.75) is 25.6 Å². The number of ether oxygens (including phenoxy) is 1. The van der Waals surface area contributed by atoms with Gasteiger partial charge in [-0.15, -0.1) is 0 Å². The molecule has 1 aromatic carbocycles. The molecule has 0 aliphatic carbocycles. The lowest BCUT2D eigenvalue weighted by Crippen LogP contribution is -2.41. The third-order valence-corrected chi connectivity index (χ3v) is 5.81. The minimum Gasteiger partial charge on any atom is -0.379 e. The molecule has 0 saturated carbocycles. The first-order chi connectivity index (χ1) is 14.3. The van der Waals surface area contributed by atoms with Crippen molar-refractivity contribution in [2.24, 2.45) is 5.41 Å². The molecule has 4 rings (SSSR count). The van der Waals surface area contributed by atoms with Gasteiger partial charge >= 0.3 is 6.18 Å². The second-order valence-electron chi connectivity index (χ2n) is 8.02. The van der Waals surface area contributed by atoms with E-state index >= 15 is 0 Å². The minimum absolute atomic E-state index is 0.0236. The SMILES string of the molecule is C[C@@H](c1ccccc1)N1C[C@]2(COCCN(c3cc(C(F)(F)F)ncn3)C2)CC1=O. The Bertz CT molecular complexity index is 909. The Kier molecular flexibility index (Phi) is 5.40. The summed E-state index contributed by atoms with van der Waals surface area (Å²) in [6.45, 7) is 4.00. The molecular formula is C21H23F3N4O2. The second kappa shape index (κ2) is 7.86. The number of rotatable bonds is 3. The first-order valence-corrected chi connectivity index (χ1v) is 9.84. The molecule has 2 aliphatic heterocycles. The zero-order valence-corrected chi connectivity index (χ0v) is 16.6. The van der Waals surface area contributed by atoms with Crippen molar-refractivity contribution in [2.75, 3.05) is 37.7 Å². The lowest BCUT2D eigenvalue weighted by atomic mass is 9.87. The summed E-state index contributed by atoms with van der Waals surface area (Å²) in [6, 6.07) is 10.6. The number of aromatic nitrogens is 2. The van der Waals surface area contributed by atoms with Crippen LogP contribution in [0, 0.1) is 5.41 Å². The van der Waals surface area contributed by atoms with Crippen LogP contribution in [0.25, 0.3) is 0 Å². The van der Waals surface area contributed by atoms with E-state index in [4.69, 9.17) is 4.74 Å². The monoisotopic (exact) mass is 420 g/mol. The summed E-state index contributed by atoms with van der Waals surface area (Å²) in [5.74, 6) is 0.222. The summed E-state index contributed by atoms with van der Waals surface area (Å²) in [5, 5.41) is 0. The smallest absolute Gasteiger partial charge is 0.379 e. The number of likely N-dealkylation sites (tertiary alicyclic amines) is 1. The van der Waals surface area contributed by atoms with E-state index in [9.17, 15) is 18.0 Å². The van der Waals surface area contributed by atoms with Gasteiger partial charge in [0.05, 0.1) is 19.3 Å². The standard InChI is InChI=1S/C21H23F3N4O2/c1-15(16-5-3-2-4-6-16)28-12-20(10-19(28)29)11-27(7-8-30-13-20)18-9-17(21(22,23)24)25-14-26-18/h2-6,9,14-15H,7-8,10-13H2,1H3/t15-,20-/m0/s1. The van der Waals surface area contributed by atoms with Gasteiger partial charge in [0.1, 0.15) is 17.8 Å². The van der Waals surface area contributed by atoms with Crippen molar-refractivity contribution < 1.29 is 22.7 Å². The molecule has 0 radical (unpaired) electrons. The third-order valence-electron chi connectivity index (χ3n) is 5.81. The van der Waals surface area contributed by atoms with E-state index in [-0.39, 0.29) is 24.2 Å². The summed E-state index contributed by atoms with van der Waals surface area (Å²) in [7, 11) is 0. The fourth-order valence-electron chi connectivity index (χ4n) is 4.26. The van der Waals surface area contributed by atoms with Crippen LogP contribution >= 0.6 is 0 Å². The molecule has 2 aliphatic rings. The van der Waals surface area contributed by atoms with Gasteiger partial charge in [-0.05, 0) is 12.5 Å². The van der Waals surface area contributed by atoms with Gasteiger partial charge in [0.2, 0.25) is 5.91 Å². The Labute approximate surface area is 172 Å². The molecule has 2 fully saturated rings. The molecule has 2 atom stereocenters. The van der Waals surface area contributed by atoms with E-state index in [1.165, 1.54) is 0 Å². The highest BCUT2D eigenvalue weighted by atomic mass is 19.4. The Balaban J connectivity index is 1.57. The maximum Gasteiger partial charge on any atom is 0.433 e. The summed E-state index contributed by atoms with van der Waals surface area (Å²) in [5.41, 5.74) is -0.437. The number of halogens is 3. The first-order valence-electron chi connectivity index (χ1n) is 9.84. The Hall–Kier alpha value is -2.68. The number of carbonyl (C=O) groups is 1. The van der Waals surface area contributed by atoms with Crippen LogP contribution in [0.2, 0.25) is 0 Å². The molecule has 30 heavy (non-hydrogen) atoms. The maximum atomic E-state index is 13.1. The predicted molar refractivity (Wildman–Crippen MR) is 104 cm³/mol. The normalized spacial score (nSPS) is 23.7. The largest absolute Gasteiger partial charge is 0.433 e. The predicted octanol–water partition coefficient (Wildman–Crippen LogP) is 3.31. The fourth-order valence-corrected chi connectivity index (χ4v) is 4.26. The van der Waals surface area contributed by atoms with Crippen LogP contribution < -0.4 is 4.90 Å². The molecular weight excluding hydrogens is 397 g/mol. The van der Waals surface area contributed by atoms with Gasteiger partial charge in [-0.1, -0.05) is 30.3 Å². The van der Waals surface area contributed by atoms with E-state index in [0.29, 0.717) is 32.8 Å². The van der Waals surface area contributed by atoms with Crippen LogP contribution in [-0.2, 0) is 15.7 Å². The van der Waals surface area contributed by atoms with Gasteiger partial charge < -0.3 is 14.5 Å². The van der Waals surface area contributed by atoms with Gasteiger partial charge in [-0.25, -0.2) is 9.97 Å². The zero-order chi connectivity index (χ0) is 21.4. The van der Waals surface area contributed by atoms with E-state index in [1.807, 2.05) is 42.2 Å². The Morgan fingerprint density at radius 1 is 1.17 bits per heavy atom. The average molecular weight is 420 g/mol. The van der Waals surface area contributed by atoms with Crippen molar-refractivity contribution in [3.05, 3.63) is 54.0 Å². The Morgan fingerprint density at radius 2 is 1.93 bits per heavy atom. The van der Waals surface area contributed by atoms with E-state index in [0.717, 1.165) is 18.0 Å². The van der Waals surface area contributed by atoms with Crippen molar-refractivity contribution in [3.8, 4) is 0 Å². The zero-order valence-electron chi connectivity index (χ0n) is 16.6. The van der Waals surface area contributed by atoms with Crippen LogP contribution in [0.4, 0.5) is 19.0 Å². The minimum atomic E-state index is -4.54. The van der Waals surface area contributed by atoms with Crippen molar-refractivity contribution in [1.29, 1.82) is 0 Å². The molecule has 0 unspecified atom stereocenters. The summed E-state index contributed by atoms with van der Waals surface area (Å²) < 4.78 is 45.0. The Morgan fingerprint density at radius 3 is 2.67 bits per heavy atom. The molecule has 2 saturated heterocycles. The second-order valence-corrected chi connectivity index (χ2v) is 8.02. The molecule has 160 valence electrons. The van der Waals surface area contributed by atoms with Gasteiger partial charge in [0.25, 0.3) is 0 Å². The highest BCUT2D eigenvalue weighted by molar-refractivity contribution is 5.80. The van der Waals surface area contributed by atoms with Crippen molar-refractivity contribution in [3.63, 3.8) is 0 Å². The summed E-state index contributed by atoms with van der Waals surface area (Å²) >= 11 is 0. The molecule has 3 heterocycles. The third kappa shape index (κ3) is 4.12. The van der Waals surface area contributed by atoms with Crippen molar-refractivity contribution >= 4 is 11.7 Å². The van der Waals surface area contributed by atoms with Gasteiger partial charge in [-0.2, -0.15) is 13.2 Å².